The molecular formula is C15H17ClN2O3S. The van der Waals surface area contributed by atoms with Gasteiger partial charge in [0.2, 0.25) is 5.90 Å². The van der Waals surface area contributed by atoms with Gasteiger partial charge in [-0.05, 0) is 31.0 Å². The van der Waals surface area contributed by atoms with Crippen molar-refractivity contribution in [2.45, 2.75) is 32.1 Å². The van der Waals surface area contributed by atoms with Crippen LogP contribution >= 0.6 is 23.4 Å². The molecule has 1 aliphatic heterocycles. The second-order valence-electron chi connectivity index (χ2n) is 4.80. The quantitative estimate of drug-likeness (QED) is 0.856. The zero-order valence-corrected chi connectivity index (χ0v) is 13.9. The summed E-state index contributed by atoms with van der Waals surface area (Å²) in [6.45, 7) is 3.92. The topological polar surface area (TPSA) is 71.2 Å². The van der Waals surface area contributed by atoms with Crippen molar-refractivity contribution in [3.8, 4) is 0 Å². The molecule has 1 aliphatic rings. The molecule has 0 saturated heterocycles. The molecule has 0 bridgehead atoms. The van der Waals surface area contributed by atoms with E-state index in [-0.39, 0.29) is 11.9 Å². The predicted molar refractivity (Wildman–Crippen MR) is 90.0 cm³/mol. The van der Waals surface area contributed by atoms with Gasteiger partial charge in [-0.3, -0.25) is 4.79 Å². The van der Waals surface area contributed by atoms with Crippen molar-refractivity contribution in [1.29, 1.82) is 0 Å². The Balaban J connectivity index is 2.15. The van der Waals surface area contributed by atoms with Crippen LogP contribution in [0.5, 0.6) is 0 Å². The van der Waals surface area contributed by atoms with Gasteiger partial charge in [-0.1, -0.05) is 24.6 Å². The van der Waals surface area contributed by atoms with E-state index >= 15 is 0 Å². The predicted octanol–water partition coefficient (Wildman–Crippen LogP) is 3.73. The summed E-state index contributed by atoms with van der Waals surface area (Å²) in [5, 5.41) is 17.6. The Morgan fingerprint density at radius 3 is 2.86 bits per heavy atom. The molecule has 1 unspecified atom stereocenters. The number of carboxylic acid groups (broad SMARTS) is 1. The normalized spacial score (nSPS) is 17.5. The van der Waals surface area contributed by atoms with E-state index in [1.54, 1.807) is 0 Å². The standard InChI is InChI=1S/C15H17ClN2O3S/c1-3-12-15(22-7-6-13(19)20)21-14(18-17-12)10-5-4-9(2)8-11(10)16/h4-5,8,15H,3,6-7H2,1-2H3,(H,19,20). The fourth-order valence-electron chi connectivity index (χ4n) is 1.88. The van der Waals surface area contributed by atoms with Gasteiger partial charge in [0.25, 0.3) is 0 Å². The van der Waals surface area contributed by atoms with Gasteiger partial charge < -0.3 is 9.84 Å². The molecule has 1 N–H and O–H groups in total. The first-order valence-electron chi connectivity index (χ1n) is 6.92. The Labute approximate surface area is 138 Å². The van der Waals surface area contributed by atoms with E-state index in [1.165, 1.54) is 11.8 Å². The fraction of sp³-hybridized carbons (Fsp3) is 0.400. The van der Waals surface area contributed by atoms with Gasteiger partial charge in [0.15, 0.2) is 5.44 Å². The smallest absolute Gasteiger partial charge is 0.304 e. The van der Waals surface area contributed by atoms with Gasteiger partial charge in [0, 0.05) is 5.75 Å². The zero-order chi connectivity index (χ0) is 16.1. The lowest BCUT2D eigenvalue weighted by atomic mass is 10.1. The first-order valence-corrected chi connectivity index (χ1v) is 8.35. The van der Waals surface area contributed by atoms with Crippen molar-refractivity contribution in [2.24, 2.45) is 10.2 Å². The summed E-state index contributed by atoms with van der Waals surface area (Å²) in [5.41, 5.74) is 2.21. The lowest BCUT2D eigenvalue weighted by Crippen LogP contribution is -2.28. The third-order valence-electron chi connectivity index (χ3n) is 3.06. The lowest BCUT2D eigenvalue weighted by molar-refractivity contribution is -0.136. The van der Waals surface area contributed by atoms with Crippen LogP contribution in [0.2, 0.25) is 5.02 Å². The van der Waals surface area contributed by atoms with E-state index in [0.29, 0.717) is 28.7 Å². The van der Waals surface area contributed by atoms with Gasteiger partial charge in [-0.15, -0.1) is 16.9 Å². The first kappa shape index (κ1) is 16.8. The highest BCUT2D eigenvalue weighted by atomic mass is 35.5. The van der Waals surface area contributed by atoms with Crippen LogP contribution in [0.4, 0.5) is 0 Å². The lowest BCUT2D eigenvalue weighted by Gasteiger charge is -2.23. The highest BCUT2D eigenvalue weighted by molar-refractivity contribution is 8.00. The van der Waals surface area contributed by atoms with Gasteiger partial charge in [-0.25, -0.2) is 0 Å². The Morgan fingerprint density at radius 1 is 1.45 bits per heavy atom. The largest absolute Gasteiger partial charge is 0.481 e. The van der Waals surface area contributed by atoms with Crippen LogP contribution in [0, 0.1) is 6.92 Å². The van der Waals surface area contributed by atoms with Gasteiger partial charge in [-0.2, -0.15) is 5.10 Å². The first-order chi connectivity index (χ1) is 10.5. The zero-order valence-electron chi connectivity index (χ0n) is 12.4. The molecular weight excluding hydrogens is 324 g/mol. The minimum absolute atomic E-state index is 0.0826. The molecule has 22 heavy (non-hydrogen) atoms. The van der Waals surface area contributed by atoms with Gasteiger partial charge in [0.05, 0.1) is 22.7 Å². The summed E-state index contributed by atoms with van der Waals surface area (Å²) in [7, 11) is 0. The number of aryl methyl sites for hydroxylation is 1. The molecule has 0 fully saturated rings. The van der Waals surface area contributed by atoms with E-state index < -0.39 is 5.97 Å². The fourth-order valence-corrected chi connectivity index (χ4v) is 3.27. The number of nitrogens with zero attached hydrogens (tertiary/aromatic N) is 2. The highest BCUT2D eigenvalue weighted by Gasteiger charge is 2.25. The van der Waals surface area contributed by atoms with E-state index in [0.717, 1.165) is 11.3 Å². The molecule has 0 radical (unpaired) electrons. The summed E-state index contributed by atoms with van der Waals surface area (Å²) in [6.07, 6.45) is 0.780. The molecule has 1 aromatic carbocycles. The Bertz CT molecular complexity index is 631. The number of hydrogen-bond donors (Lipinski definition) is 1. The number of aliphatic carboxylic acids is 1. The molecule has 2 rings (SSSR count). The molecule has 1 aromatic rings. The summed E-state index contributed by atoms with van der Waals surface area (Å²) in [5.74, 6) is -0.00251. The van der Waals surface area contributed by atoms with Crippen molar-refractivity contribution in [2.75, 3.05) is 5.75 Å². The maximum absolute atomic E-state index is 10.6. The van der Waals surface area contributed by atoms with E-state index in [2.05, 4.69) is 10.2 Å². The van der Waals surface area contributed by atoms with Crippen molar-refractivity contribution in [3.63, 3.8) is 0 Å². The van der Waals surface area contributed by atoms with Crippen LogP contribution in [0.1, 0.15) is 30.9 Å². The molecule has 0 spiro atoms. The average molecular weight is 341 g/mol. The summed E-state index contributed by atoms with van der Waals surface area (Å²) >= 11 is 7.64. The second-order valence-corrected chi connectivity index (χ2v) is 6.37. The molecule has 118 valence electrons. The minimum Gasteiger partial charge on any atom is -0.481 e. The molecule has 1 atom stereocenters. The number of ether oxygens (including phenoxy) is 1. The summed E-state index contributed by atoms with van der Waals surface area (Å²) in [6, 6.07) is 5.62. The van der Waals surface area contributed by atoms with Crippen molar-refractivity contribution >= 4 is 40.9 Å². The average Bonchev–Trinajstić information content (AvgIpc) is 2.47. The molecule has 0 saturated carbocycles. The number of halogens is 1. The number of rotatable bonds is 6. The van der Waals surface area contributed by atoms with E-state index in [4.69, 9.17) is 21.4 Å². The number of carboxylic acids is 1. The summed E-state index contributed by atoms with van der Waals surface area (Å²) in [4.78, 5) is 10.6. The van der Waals surface area contributed by atoms with Crippen LogP contribution in [-0.4, -0.2) is 33.9 Å². The van der Waals surface area contributed by atoms with Crippen LogP contribution in [0.25, 0.3) is 0 Å². The maximum atomic E-state index is 10.6. The van der Waals surface area contributed by atoms with Crippen LogP contribution in [0.3, 0.4) is 0 Å². The third kappa shape index (κ3) is 4.24. The number of thioether (sulfide) groups is 1. The molecule has 5 nitrogen and oxygen atoms in total. The van der Waals surface area contributed by atoms with E-state index in [1.807, 2.05) is 32.0 Å². The van der Waals surface area contributed by atoms with E-state index in [9.17, 15) is 4.79 Å². The monoisotopic (exact) mass is 340 g/mol. The molecule has 0 aromatic heterocycles. The number of carbonyl (C=O) groups is 1. The number of benzene rings is 1. The molecule has 7 heteroatoms. The van der Waals surface area contributed by atoms with Crippen LogP contribution in [-0.2, 0) is 9.53 Å². The minimum atomic E-state index is -0.825. The van der Waals surface area contributed by atoms with Gasteiger partial charge >= 0.3 is 5.97 Å². The SMILES string of the molecule is CCC1=NN=C(c2ccc(C)cc2Cl)OC1SCCC(=O)O. The maximum Gasteiger partial charge on any atom is 0.304 e. The third-order valence-corrected chi connectivity index (χ3v) is 4.49. The van der Waals surface area contributed by atoms with Crippen LogP contribution < -0.4 is 0 Å². The highest BCUT2D eigenvalue weighted by Crippen LogP contribution is 2.26. The Hall–Kier alpha value is -1.53. The van der Waals surface area contributed by atoms with Crippen molar-refractivity contribution < 1.29 is 14.6 Å². The Morgan fingerprint density at radius 2 is 2.23 bits per heavy atom. The molecule has 0 amide bonds. The van der Waals surface area contributed by atoms with Crippen LogP contribution in [0.15, 0.2) is 28.4 Å². The second kappa shape index (κ2) is 7.65. The summed E-state index contributed by atoms with van der Waals surface area (Å²) < 4.78 is 5.88. The Kier molecular flexibility index (Phi) is 5.85. The molecule has 1 heterocycles. The number of hydrogen-bond acceptors (Lipinski definition) is 5. The molecule has 0 aliphatic carbocycles. The van der Waals surface area contributed by atoms with Crippen molar-refractivity contribution in [1.82, 2.24) is 0 Å². The van der Waals surface area contributed by atoms with Gasteiger partial charge in [0.1, 0.15) is 0 Å². The van der Waals surface area contributed by atoms with Crippen molar-refractivity contribution in [3.05, 3.63) is 34.3 Å².